The van der Waals surface area contributed by atoms with Gasteiger partial charge in [0.1, 0.15) is 5.75 Å². The fourth-order valence-corrected chi connectivity index (χ4v) is 2.91. The first-order chi connectivity index (χ1) is 9.72. The van der Waals surface area contributed by atoms with Gasteiger partial charge in [0.2, 0.25) is 0 Å². The zero-order valence-electron chi connectivity index (χ0n) is 10.6. The lowest BCUT2D eigenvalue weighted by atomic mass is 9.94. The molecule has 4 rings (SSSR count). The molecule has 0 saturated heterocycles. The van der Waals surface area contributed by atoms with Gasteiger partial charge in [-0.25, -0.2) is 0 Å². The Kier molecular flexibility index (Phi) is 2.36. The van der Waals surface area contributed by atoms with Gasteiger partial charge in [-0.05, 0) is 44.5 Å². The van der Waals surface area contributed by atoms with Crippen molar-refractivity contribution >= 4 is 39.6 Å². The molecule has 4 aromatic rings. The van der Waals surface area contributed by atoms with Gasteiger partial charge in [0.15, 0.2) is 0 Å². The molecular weight excluding hydrogens is 251 g/mol. The van der Waals surface area contributed by atoms with Crippen LogP contribution in [0.3, 0.4) is 0 Å². The Morgan fingerprint density at radius 1 is 0.700 bits per heavy atom. The first kappa shape index (κ1) is 11.5. The van der Waals surface area contributed by atoms with Gasteiger partial charge in [0, 0.05) is 0 Å². The van der Waals surface area contributed by atoms with Gasteiger partial charge in [-0.15, -0.1) is 0 Å². The van der Waals surface area contributed by atoms with E-state index < -0.39 is 7.32 Å². The monoisotopic (exact) mass is 262 g/mol. The molecule has 4 aromatic carbocycles. The standard InChI is InChI=1S/C16H11BO3/c18-17(19)20-14-8-12-6-4-10-2-1-3-11-5-7-13(9-14)16(12)15(10)11/h1-9,18-19H. The molecule has 0 spiro atoms. The smallest absolute Gasteiger partial charge is 0.512 e. The van der Waals surface area contributed by atoms with E-state index in [2.05, 4.69) is 30.3 Å². The summed E-state index contributed by atoms with van der Waals surface area (Å²) in [4.78, 5) is 0. The summed E-state index contributed by atoms with van der Waals surface area (Å²) in [6.07, 6.45) is 0. The SMILES string of the molecule is OB(O)Oc1cc2ccc3cccc4ccc(c1)c2c34. The van der Waals surface area contributed by atoms with Crippen LogP contribution in [0.15, 0.2) is 54.6 Å². The third-order valence-corrected chi connectivity index (χ3v) is 3.68. The normalized spacial score (nSPS) is 11.5. The molecule has 0 amide bonds. The molecule has 0 aliphatic heterocycles. The van der Waals surface area contributed by atoms with Gasteiger partial charge in [-0.1, -0.05) is 42.5 Å². The molecule has 0 radical (unpaired) electrons. The van der Waals surface area contributed by atoms with Crippen molar-refractivity contribution in [3.05, 3.63) is 54.6 Å². The highest BCUT2D eigenvalue weighted by Crippen LogP contribution is 2.36. The minimum atomic E-state index is -1.80. The molecule has 20 heavy (non-hydrogen) atoms. The predicted octanol–water partition coefficient (Wildman–Crippen LogP) is 2.93. The molecule has 0 aliphatic rings. The molecular formula is C16H11BO3. The van der Waals surface area contributed by atoms with Crippen LogP contribution in [0, 0.1) is 0 Å². The average Bonchev–Trinajstić information content (AvgIpc) is 2.44. The first-order valence-corrected chi connectivity index (χ1v) is 6.43. The summed E-state index contributed by atoms with van der Waals surface area (Å²) in [5.41, 5.74) is 0. The van der Waals surface area contributed by atoms with E-state index in [1.807, 2.05) is 24.3 Å². The minimum absolute atomic E-state index is 0.450. The summed E-state index contributed by atoms with van der Waals surface area (Å²) in [6, 6.07) is 18.1. The van der Waals surface area contributed by atoms with E-state index in [1.165, 1.54) is 21.5 Å². The van der Waals surface area contributed by atoms with Crippen molar-refractivity contribution in [3.8, 4) is 5.75 Å². The lowest BCUT2D eigenvalue weighted by Gasteiger charge is -2.12. The van der Waals surface area contributed by atoms with Gasteiger partial charge in [0.25, 0.3) is 0 Å². The van der Waals surface area contributed by atoms with E-state index in [1.54, 1.807) is 0 Å². The summed E-state index contributed by atoms with van der Waals surface area (Å²) < 4.78 is 4.97. The largest absolute Gasteiger partial charge is 0.707 e. The highest BCUT2D eigenvalue weighted by Gasteiger charge is 2.14. The van der Waals surface area contributed by atoms with Crippen molar-refractivity contribution in [2.75, 3.05) is 0 Å². The van der Waals surface area contributed by atoms with Crippen LogP contribution < -0.4 is 4.65 Å². The third kappa shape index (κ3) is 1.63. The van der Waals surface area contributed by atoms with E-state index in [0.717, 1.165) is 10.8 Å². The van der Waals surface area contributed by atoms with Crippen LogP contribution in [0.25, 0.3) is 32.3 Å². The van der Waals surface area contributed by atoms with Crippen LogP contribution in [0.4, 0.5) is 0 Å². The van der Waals surface area contributed by atoms with E-state index in [-0.39, 0.29) is 0 Å². The van der Waals surface area contributed by atoms with Crippen LogP contribution >= 0.6 is 0 Å². The Bertz CT molecular complexity index is 854. The second-order valence-corrected chi connectivity index (χ2v) is 4.90. The molecule has 96 valence electrons. The molecule has 0 aromatic heterocycles. The number of benzene rings is 4. The Hall–Kier alpha value is -2.30. The van der Waals surface area contributed by atoms with Crippen LogP contribution in [0.5, 0.6) is 5.75 Å². The van der Waals surface area contributed by atoms with Gasteiger partial charge in [0.05, 0.1) is 0 Å². The Morgan fingerprint density at radius 3 is 1.75 bits per heavy atom. The first-order valence-electron chi connectivity index (χ1n) is 6.43. The average molecular weight is 262 g/mol. The Labute approximate surface area is 115 Å². The quantitative estimate of drug-likeness (QED) is 0.431. The number of hydrogen-bond donors (Lipinski definition) is 2. The molecule has 0 unspecified atom stereocenters. The Balaban J connectivity index is 2.13. The lowest BCUT2D eigenvalue weighted by molar-refractivity contribution is 0.288. The maximum atomic E-state index is 8.94. The van der Waals surface area contributed by atoms with Crippen molar-refractivity contribution in [2.24, 2.45) is 0 Å². The van der Waals surface area contributed by atoms with Crippen LogP contribution in [0.2, 0.25) is 0 Å². The summed E-state index contributed by atoms with van der Waals surface area (Å²) in [7, 11) is -1.80. The van der Waals surface area contributed by atoms with Gasteiger partial charge in [-0.2, -0.15) is 0 Å². The van der Waals surface area contributed by atoms with E-state index in [0.29, 0.717) is 5.75 Å². The van der Waals surface area contributed by atoms with Crippen molar-refractivity contribution in [2.45, 2.75) is 0 Å². The number of hydrogen-bond acceptors (Lipinski definition) is 3. The molecule has 4 heteroatoms. The minimum Gasteiger partial charge on any atom is -0.512 e. The molecule has 2 N–H and O–H groups in total. The highest BCUT2D eigenvalue weighted by atomic mass is 16.6. The lowest BCUT2D eigenvalue weighted by Crippen LogP contribution is -2.20. The van der Waals surface area contributed by atoms with Gasteiger partial charge >= 0.3 is 7.32 Å². The maximum absolute atomic E-state index is 8.94. The predicted molar refractivity (Wildman–Crippen MR) is 81.0 cm³/mol. The van der Waals surface area contributed by atoms with Crippen molar-refractivity contribution < 1.29 is 14.7 Å². The van der Waals surface area contributed by atoms with Crippen molar-refractivity contribution in [1.82, 2.24) is 0 Å². The van der Waals surface area contributed by atoms with E-state index in [4.69, 9.17) is 14.7 Å². The van der Waals surface area contributed by atoms with Crippen LogP contribution in [0.1, 0.15) is 0 Å². The fourth-order valence-electron chi connectivity index (χ4n) is 2.91. The van der Waals surface area contributed by atoms with E-state index >= 15 is 0 Å². The molecule has 0 bridgehead atoms. The molecule has 0 atom stereocenters. The summed E-state index contributed by atoms with van der Waals surface area (Å²) in [6.45, 7) is 0. The second kappa shape index (κ2) is 4.10. The molecule has 0 aliphatic carbocycles. The van der Waals surface area contributed by atoms with E-state index in [9.17, 15) is 0 Å². The maximum Gasteiger partial charge on any atom is 0.707 e. The fraction of sp³-hybridized carbons (Fsp3) is 0. The molecule has 0 saturated carbocycles. The third-order valence-electron chi connectivity index (χ3n) is 3.68. The topological polar surface area (TPSA) is 49.7 Å². The van der Waals surface area contributed by atoms with Crippen LogP contribution in [-0.4, -0.2) is 17.4 Å². The molecule has 0 fully saturated rings. The highest BCUT2D eigenvalue weighted by molar-refractivity contribution is 6.34. The zero-order valence-corrected chi connectivity index (χ0v) is 10.6. The second-order valence-electron chi connectivity index (χ2n) is 4.90. The summed E-state index contributed by atoms with van der Waals surface area (Å²) in [5.74, 6) is 0.450. The van der Waals surface area contributed by atoms with Crippen LogP contribution in [-0.2, 0) is 0 Å². The molecule has 3 nitrogen and oxygen atoms in total. The zero-order chi connectivity index (χ0) is 13.7. The van der Waals surface area contributed by atoms with Crippen molar-refractivity contribution in [3.63, 3.8) is 0 Å². The van der Waals surface area contributed by atoms with Crippen molar-refractivity contribution in [1.29, 1.82) is 0 Å². The van der Waals surface area contributed by atoms with Gasteiger partial charge < -0.3 is 14.7 Å². The molecule has 0 heterocycles. The number of rotatable bonds is 2. The summed E-state index contributed by atoms with van der Waals surface area (Å²) >= 11 is 0. The van der Waals surface area contributed by atoms with Gasteiger partial charge in [-0.3, -0.25) is 0 Å². The Morgan fingerprint density at radius 2 is 1.20 bits per heavy atom. The summed E-state index contributed by atoms with van der Waals surface area (Å²) in [5, 5.41) is 24.8.